The van der Waals surface area contributed by atoms with Crippen LogP contribution in [0.15, 0.2) is 30.6 Å². The molecule has 1 aromatic carbocycles. The molecule has 1 atom stereocenters. The molecule has 0 spiro atoms. The maximum atomic E-state index is 12.9. The highest BCUT2D eigenvalue weighted by molar-refractivity contribution is 5.83. The Morgan fingerprint density at radius 3 is 2.75 bits per heavy atom. The lowest BCUT2D eigenvalue weighted by molar-refractivity contribution is 0.626. The number of hydrogen-bond donors (Lipinski definition) is 3. The molecule has 1 unspecified atom stereocenters. The van der Waals surface area contributed by atoms with Gasteiger partial charge in [-0.3, -0.25) is 0 Å². The van der Waals surface area contributed by atoms with E-state index in [-0.39, 0.29) is 17.8 Å². The summed E-state index contributed by atoms with van der Waals surface area (Å²) in [6.45, 7) is 1.95. The quantitative estimate of drug-likeness (QED) is 0.680. The normalized spacial score (nSPS) is 12.5. The summed E-state index contributed by atoms with van der Waals surface area (Å²) in [6.07, 6.45) is 1.53. The summed E-state index contributed by atoms with van der Waals surface area (Å²) in [5.74, 6) is 0.462. The number of H-pyrrole nitrogens is 1. The van der Waals surface area contributed by atoms with Crippen LogP contribution in [0.25, 0.3) is 11.2 Å². The van der Waals surface area contributed by atoms with E-state index in [1.807, 2.05) is 6.92 Å². The van der Waals surface area contributed by atoms with Crippen molar-refractivity contribution in [3.63, 3.8) is 0 Å². The summed E-state index contributed by atoms with van der Waals surface area (Å²) in [7, 11) is 0. The van der Waals surface area contributed by atoms with E-state index in [1.165, 1.54) is 18.5 Å². The summed E-state index contributed by atoms with van der Waals surface area (Å²) in [5.41, 5.74) is 7.79. The highest BCUT2D eigenvalue weighted by Gasteiger charge is 2.12. The minimum absolute atomic E-state index is 0.0589. The fourth-order valence-corrected chi connectivity index (χ4v) is 1.99. The molecule has 2 aromatic heterocycles. The van der Waals surface area contributed by atoms with Crippen LogP contribution in [0, 0.1) is 5.82 Å². The Morgan fingerprint density at radius 1 is 1.25 bits per heavy atom. The molecule has 2 heterocycles. The SMILES string of the molecule is CC(Nc1nc(N)nc2nc[nH]c12)c1ccc(F)cc1. The Bertz CT molecular complexity index is 736. The highest BCUT2D eigenvalue weighted by atomic mass is 19.1. The topological polar surface area (TPSA) is 92.5 Å². The minimum atomic E-state index is -0.261. The first-order chi connectivity index (χ1) is 9.63. The Morgan fingerprint density at radius 2 is 2.00 bits per heavy atom. The molecule has 0 radical (unpaired) electrons. The monoisotopic (exact) mass is 272 g/mol. The zero-order valence-electron chi connectivity index (χ0n) is 10.8. The van der Waals surface area contributed by atoms with Gasteiger partial charge in [0, 0.05) is 0 Å². The van der Waals surface area contributed by atoms with Crippen LogP contribution in [0.5, 0.6) is 0 Å². The zero-order chi connectivity index (χ0) is 14.1. The first kappa shape index (κ1) is 12.3. The molecule has 0 saturated carbocycles. The minimum Gasteiger partial charge on any atom is -0.368 e. The first-order valence-electron chi connectivity index (χ1n) is 6.12. The highest BCUT2D eigenvalue weighted by Crippen LogP contribution is 2.23. The third-order valence-electron chi connectivity index (χ3n) is 3.03. The van der Waals surface area contributed by atoms with Gasteiger partial charge in [0.25, 0.3) is 0 Å². The van der Waals surface area contributed by atoms with Crippen molar-refractivity contribution in [1.82, 2.24) is 19.9 Å². The molecule has 3 rings (SSSR count). The predicted molar refractivity (Wildman–Crippen MR) is 74.5 cm³/mol. The van der Waals surface area contributed by atoms with Gasteiger partial charge in [0.1, 0.15) is 11.3 Å². The van der Waals surface area contributed by atoms with Gasteiger partial charge in [-0.25, -0.2) is 9.37 Å². The van der Waals surface area contributed by atoms with Crippen molar-refractivity contribution in [1.29, 1.82) is 0 Å². The van der Waals surface area contributed by atoms with Gasteiger partial charge in [-0.15, -0.1) is 0 Å². The molecule has 0 saturated heterocycles. The molecule has 0 aliphatic heterocycles. The molecule has 102 valence electrons. The van der Waals surface area contributed by atoms with Gasteiger partial charge >= 0.3 is 0 Å². The van der Waals surface area contributed by atoms with Crippen molar-refractivity contribution in [2.75, 3.05) is 11.1 Å². The van der Waals surface area contributed by atoms with Gasteiger partial charge in [0.05, 0.1) is 12.4 Å². The van der Waals surface area contributed by atoms with E-state index in [9.17, 15) is 4.39 Å². The standard InChI is InChI=1S/C13H13FN6/c1-7(8-2-4-9(14)5-3-8)18-12-10-11(17-6-16-10)19-13(15)20-12/h2-7H,1H3,(H4,15,16,17,18,19,20). The summed E-state index contributed by atoms with van der Waals surface area (Å²) in [4.78, 5) is 15.2. The summed E-state index contributed by atoms with van der Waals surface area (Å²) >= 11 is 0. The molecule has 0 amide bonds. The van der Waals surface area contributed by atoms with E-state index >= 15 is 0 Å². The van der Waals surface area contributed by atoms with Crippen molar-refractivity contribution in [2.45, 2.75) is 13.0 Å². The average Bonchev–Trinajstić information content (AvgIpc) is 2.87. The Kier molecular flexibility index (Phi) is 2.94. The van der Waals surface area contributed by atoms with Crippen LogP contribution in [0.3, 0.4) is 0 Å². The fourth-order valence-electron chi connectivity index (χ4n) is 1.99. The maximum Gasteiger partial charge on any atom is 0.224 e. The number of nitrogens with two attached hydrogens (primary N) is 1. The molecular formula is C13H13FN6. The van der Waals surface area contributed by atoms with E-state index in [0.29, 0.717) is 17.0 Å². The lowest BCUT2D eigenvalue weighted by Crippen LogP contribution is -2.10. The summed E-state index contributed by atoms with van der Waals surface area (Å²) in [6, 6.07) is 6.24. The molecule has 20 heavy (non-hydrogen) atoms. The van der Waals surface area contributed by atoms with Crippen LogP contribution >= 0.6 is 0 Å². The molecule has 0 aliphatic carbocycles. The largest absolute Gasteiger partial charge is 0.368 e. The van der Waals surface area contributed by atoms with Gasteiger partial charge in [-0.1, -0.05) is 12.1 Å². The van der Waals surface area contributed by atoms with Crippen LogP contribution in [0.2, 0.25) is 0 Å². The van der Waals surface area contributed by atoms with E-state index in [4.69, 9.17) is 5.73 Å². The lowest BCUT2D eigenvalue weighted by Gasteiger charge is -2.15. The van der Waals surface area contributed by atoms with Crippen molar-refractivity contribution in [2.24, 2.45) is 0 Å². The van der Waals surface area contributed by atoms with Crippen LogP contribution in [0.1, 0.15) is 18.5 Å². The van der Waals surface area contributed by atoms with E-state index in [2.05, 4.69) is 25.3 Å². The van der Waals surface area contributed by atoms with Crippen molar-refractivity contribution in [3.8, 4) is 0 Å². The molecule has 3 aromatic rings. The number of fused-ring (bicyclic) bond motifs is 1. The van der Waals surface area contributed by atoms with E-state index in [0.717, 1.165) is 5.56 Å². The van der Waals surface area contributed by atoms with E-state index in [1.54, 1.807) is 12.1 Å². The van der Waals surface area contributed by atoms with Crippen LogP contribution < -0.4 is 11.1 Å². The zero-order valence-corrected chi connectivity index (χ0v) is 10.8. The number of nitrogen functional groups attached to an aromatic ring is 1. The van der Waals surface area contributed by atoms with E-state index < -0.39 is 0 Å². The van der Waals surface area contributed by atoms with Crippen molar-refractivity contribution >= 4 is 22.9 Å². The number of benzene rings is 1. The molecule has 0 fully saturated rings. The molecule has 4 N–H and O–H groups in total. The van der Waals surface area contributed by atoms with Gasteiger partial charge < -0.3 is 16.0 Å². The number of nitrogens with zero attached hydrogens (tertiary/aromatic N) is 3. The summed E-state index contributed by atoms with van der Waals surface area (Å²) < 4.78 is 12.9. The maximum absolute atomic E-state index is 12.9. The Balaban J connectivity index is 1.92. The molecular weight excluding hydrogens is 259 g/mol. The van der Waals surface area contributed by atoms with Gasteiger partial charge in [0.2, 0.25) is 5.95 Å². The third-order valence-corrected chi connectivity index (χ3v) is 3.03. The van der Waals surface area contributed by atoms with Crippen LogP contribution in [0.4, 0.5) is 16.2 Å². The van der Waals surface area contributed by atoms with Crippen LogP contribution in [-0.2, 0) is 0 Å². The molecule has 0 aliphatic rings. The number of hydrogen-bond acceptors (Lipinski definition) is 5. The van der Waals surface area contributed by atoms with Gasteiger partial charge in [-0.2, -0.15) is 9.97 Å². The Hall–Kier alpha value is -2.70. The van der Waals surface area contributed by atoms with Crippen molar-refractivity contribution < 1.29 is 4.39 Å². The number of halogens is 1. The van der Waals surface area contributed by atoms with Gasteiger partial charge in [0.15, 0.2) is 11.5 Å². The van der Waals surface area contributed by atoms with Crippen LogP contribution in [-0.4, -0.2) is 19.9 Å². The number of rotatable bonds is 3. The number of anilines is 2. The molecule has 0 bridgehead atoms. The number of imidazole rings is 1. The molecule has 6 nitrogen and oxygen atoms in total. The third kappa shape index (κ3) is 2.25. The second-order valence-corrected chi connectivity index (χ2v) is 4.45. The smallest absolute Gasteiger partial charge is 0.224 e. The van der Waals surface area contributed by atoms with Crippen molar-refractivity contribution in [3.05, 3.63) is 42.0 Å². The number of nitrogens with one attached hydrogen (secondary N) is 2. The second kappa shape index (κ2) is 4.76. The predicted octanol–water partition coefficient (Wildman–Crippen LogP) is 2.25. The number of aromatic amines is 1. The number of aromatic nitrogens is 4. The average molecular weight is 272 g/mol. The second-order valence-electron chi connectivity index (χ2n) is 4.45. The molecule has 7 heteroatoms. The summed E-state index contributed by atoms with van der Waals surface area (Å²) in [5, 5.41) is 3.22. The Labute approximate surface area is 114 Å². The lowest BCUT2D eigenvalue weighted by atomic mass is 10.1. The van der Waals surface area contributed by atoms with Gasteiger partial charge in [-0.05, 0) is 24.6 Å². The fraction of sp³-hybridized carbons (Fsp3) is 0.154. The first-order valence-corrected chi connectivity index (χ1v) is 6.12.